The van der Waals surface area contributed by atoms with Crippen LogP contribution in [0.5, 0.6) is 5.75 Å². The number of ether oxygens (including phenoxy) is 2. The lowest BCUT2D eigenvalue weighted by Gasteiger charge is -2.27. The first-order chi connectivity index (χ1) is 19.2. The Morgan fingerprint density at radius 1 is 0.825 bits per heavy atom. The summed E-state index contributed by atoms with van der Waals surface area (Å²) in [7, 11) is 4.35. The number of benzene rings is 2. The molecule has 0 aliphatic carbocycles. The molecule has 0 aliphatic rings. The van der Waals surface area contributed by atoms with Crippen molar-refractivity contribution in [3.63, 3.8) is 0 Å². The summed E-state index contributed by atoms with van der Waals surface area (Å²) < 4.78 is 10.1. The quantitative estimate of drug-likeness (QED) is 0.234. The molecule has 0 saturated heterocycles. The summed E-state index contributed by atoms with van der Waals surface area (Å²) in [6.45, 7) is 4.29. The van der Waals surface area contributed by atoms with Crippen LogP contribution in [0, 0.1) is 5.92 Å². The summed E-state index contributed by atoms with van der Waals surface area (Å²) in [6, 6.07) is 14.2. The van der Waals surface area contributed by atoms with E-state index in [-0.39, 0.29) is 37.0 Å². The normalized spacial score (nSPS) is 13.1. The second-order valence-corrected chi connectivity index (χ2v) is 9.95. The Labute approximate surface area is 236 Å². The number of rotatable bonds is 16. The minimum Gasteiger partial charge on any atom is -0.497 e. The highest BCUT2D eigenvalue weighted by Crippen LogP contribution is 2.14. The van der Waals surface area contributed by atoms with E-state index >= 15 is 0 Å². The van der Waals surface area contributed by atoms with Crippen molar-refractivity contribution in [3.8, 4) is 5.75 Å². The summed E-state index contributed by atoms with van der Waals surface area (Å²) in [5.74, 6) is -0.753. The van der Waals surface area contributed by atoms with Gasteiger partial charge in [0, 0.05) is 26.4 Å². The number of esters is 1. The first kappa shape index (κ1) is 32.3. The number of amides is 3. The summed E-state index contributed by atoms with van der Waals surface area (Å²) in [5, 5.41) is 11.4. The fourth-order valence-electron chi connectivity index (χ4n) is 4.19. The SMILES string of the molecule is CNC(=O)[C@H](Cc1ccc(OC)cc1)NC(=O)[C@H](CC(C)C)N[C@H](CCC(=O)NCc1ccccc1)C(=O)OC. The highest BCUT2D eigenvalue weighted by atomic mass is 16.5. The molecular weight excluding hydrogens is 512 g/mol. The number of nitrogens with one attached hydrogen (secondary N) is 4. The molecule has 0 bridgehead atoms. The van der Waals surface area contributed by atoms with Crippen molar-refractivity contribution >= 4 is 23.7 Å². The number of likely N-dealkylation sites (N-methyl/N-ethyl adjacent to an activating group) is 1. The lowest BCUT2D eigenvalue weighted by molar-refractivity contribution is -0.144. The smallest absolute Gasteiger partial charge is 0.322 e. The van der Waals surface area contributed by atoms with Crippen LogP contribution in [0.15, 0.2) is 54.6 Å². The lowest BCUT2D eigenvalue weighted by atomic mass is 9.99. The summed E-state index contributed by atoms with van der Waals surface area (Å²) in [5.41, 5.74) is 1.81. The van der Waals surface area contributed by atoms with E-state index in [1.807, 2.05) is 56.3 Å². The van der Waals surface area contributed by atoms with Crippen LogP contribution < -0.4 is 26.0 Å². The summed E-state index contributed by atoms with van der Waals surface area (Å²) >= 11 is 0. The molecule has 40 heavy (non-hydrogen) atoms. The maximum absolute atomic E-state index is 13.4. The Bertz CT molecular complexity index is 1090. The van der Waals surface area contributed by atoms with Crippen LogP contribution in [0.2, 0.25) is 0 Å². The van der Waals surface area contributed by atoms with E-state index in [0.29, 0.717) is 18.7 Å². The van der Waals surface area contributed by atoms with Crippen molar-refractivity contribution in [2.45, 2.75) is 64.2 Å². The predicted octanol–water partition coefficient (Wildman–Crippen LogP) is 2.11. The van der Waals surface area contributed by atoms with Gasteiger partial charge in [0.25, 0.3) is 0 Å². The van der Waals surface area contributed by atoms with Gasteiger partial charge in [-0.1, -0.05) is 56.3 Å². The zero-order valence-electron chi connectivity index (χ0n) is 24.0. The second-order valence-electron chi connectivity index (χ2n) is 9.95. The minimum atomic E-state index is -0.887. The summed E-state index contributed by atoms with van der Waals surface area (Å²) in [6.07, 6.45) is 0.877. The second kappa shape index (κ2) is 16.9. The fourth-order valence-corrected chi connectivity index (χ4v) is 4.19. The molecule has 0 saturated carbocycles. The maximum atomic E-state index is 13.4. The third kappa shape index (κ3) is 11.1. The lowest BCUT2D eigenvalue weighted by Crippen LogP contribution is -2.56. The Balaban J connectivity index is 2.09. The fraction of sp³-hybridized carbons (Fsp3) is 0.467. The van der Waals surface area contributed by atoms with E-state index in [1.54, 1.807) is 19.2 Å². The average molecular weight is 555 g/mol. The highest BCUT2D eigenvalue weighted by Gasteiger charge is 2.30. The molecular formula is C30H42N4O6. The molecule has 0 fully saturated rings. The number of hydrogen-bond donors (Lipinski definition) is 4. The van der Waals surface area contributed by atoms with Crippen molar-refractivity contribution in [3.05, 3.63) is 65.7 Å². The maximum Gasteiger partial charge on any atom is 0.322 e. The van der Waals surface area contributed by atoms with Crippen LogP contribution >= 0.6 is 0 Å². The van der Waals surface area contributed by atoms with Crippen molar-refractivity contribution in [2.75, 3.05) is 21.3 Å². The standard InChI is InChI=1S/C30H42N4O6/c1-20(2)17-25(29(37)34-26(28(36)31-3)18-21-11-13-23(39-4)14-12-21)33-24(30(38)40-5)15-16-27(35)32-19-22-9-7-6-8-10-22/h6-14,20,24-26,33H,15-19H2,1-5H3,(H,31,36)(H,32,35)(H,34,37)/t24-,25+,26+/m1/s1. The number of carbonyl (C=O) groups is 4. The van der Waals surface area contributed by atoms with Crippen molar-refractivity contribution in [2.24, 2.45) is 5.92 Å². The molecule has 0 aromatic heterocycles. The van der Waals surface area contributed by atoms with Gasteiger partial charge in [0.2, 0.25) is 17.7 Å². The van der Waals surface area contributed by atoms with E-state index in [0.717, 1.165) is 11.1 Å². The zero-order valence-corrected chi connectivity index (χ0v) is 24.0. The highest BCUT2D eigenvalue weighted by molar-refractivity contribution is 5.90. The monoisotopic (exact) mass is 554 g/mol. The van der Waals surface area contributed by atoms with Crippen LogP contribution in [0.25, 0.3) is 0 Å². The number of methoxy groups -OCH3 is 2. The van der Waals surface area contributed by atoms with E-state index < -0.39 is 30.0 Å². The molecule has 0 heterocycles. The molecule has 10 heteroatoms. The third-order valence-electron chi connectivity index (χ3n) is 6.38. The summed E-state index contributed by atoms with van der Waals surface area (Å²) in [4.78, 5) is 51.2. The molecule has 218 valence electrons. The number of hydrogen-bond acceptors (Lipinski definition) is 7. The van der Waals surface area contributed by atoms with Crippen LogP contribution in [-0.2, 0) is 36.9 Å². The van der Waals surface area contributed by atoms with Gasteiger partial charge in [-0.3, -0.25) is 24.5 Å². The molecule has 0 radical (unpaired) electrons. The zero-order chi connectivity index (χ0) is 29.5. The van der Waals surface area contributed by atoms with Crippen LogP contribution in [0.1, 0.15) is 44.2 Å². The van der Waals surface area contributed by atoms with Crippen molar-refractivity contribution in [1.29, 1.82) is 0 Å². The van der Waals surface area contributed by atoms with Gasteiger partial charge in [-0.15, -0.1) is 0 Å². The Hall–Kier alpha value is -3.92. The van der Waals surface area contributed by atoms with Gasteiger partial charge in [0.05, 0.1) is 20.3 Å². The van der Waals surface area contributed by atoms with Crippen molar-refractivity contribution < 1.29 is 28.7 Å². The van der Waals surface area contributed by atoms with Gasteiger partial charge >= 0.3 is 5.97 Å². The van der Waals surface area contributed by atoms with Gasteiger partial charge in [-0.25, -0.2) is 0 Å². The molecule has 2 aromatic rings. The molecule has 2 aromatic carbocycles. The van der Waals surface area contributed by atoms with Gasteiger partial charge in [-0.2, -0.15) is 0 Å². The minimum absolute atomic E-state index is 0.0634. The van der Waals surface area contributed by atoms with Gasteiger partial charge in [0.15, 0.2) is 0 Å². The third-order valence-corrected chi connectivity index (χ3v) is 6.38. The molecule has 0 spiro atoms. The van der Waals surface area contributed by atoms with E-state index in [9.17, 15) is 19.2 Å². The molecule has 4 N–H and O–H groups in total. The topological polar surface area (TPSA) is 135 Å². The van der Waals surface area contributed by atoms with Crippen LogP contribution in [0.4, 0.5) is 0 Å². The van der Waals surface area contributed by atoms with Crippen LogP contribution in [0.3, 0.4) is 0 Å². The Morgan fingerprint density at radius 3 is 2.08 bits per heavy atom. The Kier molecular flexibility index (Phi) is 13.7. The molecule has 10 nitrogen and oxygen atoms in total. The molecule has 3 amide bonds. The largest absolute Gasteiger partial charge is 0.497 e. The predicted molar refractivity (Wildman–Crippen MR) is 152 cm³/mol. The van der Waals surface area contributed by atoms with Gasteiger partial charge < -0.3 is 25.4 Å². The molecule has 2 rings (SSSR count). The van der Waals surface area contributed by atoms with Gasteiger partial charge in [-0.05, 0) is 42.0 Å². The average Bonchev–Trinajstić information content (AvgIpc) is 2.96. The van der Waals surface area contributed by atoms with Gasteiger partial charge in [0.1, 0.15) is 17.8 Å². The number of carbonyl (C=O) groups excluding carboxylic acids is 4. The van der Waals surface area contributed by atoms with E-state index in [4.69, 9.17) is 9.47 Å². The van der Waals surface area contributed by atoms with E-state index in [1.165, 1.54) is 14.2 Å². The molecule has 0 aliphatic heterocycles. The molecule has 3 atom stereocenters. The first-order valence-electron chi connectivity index (χ1n) is 13.5. The van der Waals surface area contributed by atoms with Crippen LogP contribution in [-0.4, -0.2) is 63.1 Å². The van der Waals surface area contributed by atoms with E-state index in [2.05, 4.69) is 21.3 Å². The Morgan fingerprint density at radius 2 is 1.50 bits per heavy atom. The van der Waals surface area contributed by atoms with Crippen molar-refractivity contribution in [1.82, 2.24) is 21.3 Å². The first-order valence-corrected chi connectivity index (χ1v) is 13.5. The molecule has 0 unspecified atom stereocenters.